The molecule has 0 amide bonds. The minimum atomic E-state index is -0.181. The molecular weight excluding hydrogens is 588 g/mol. The smallest absolute Gasteiger partial charge is 0.138 e. The zero-order chi connectivity index (χ0) is 31.8. The fourth-order valence-corrected chi connectivity index (χ4v) is 7.83. The zero-order valence-electron chi connectivity index (χ0n) is 25.9. The molecule has 48 heavy (non-hydrogen) atoms. The number of hydrogen-bond acceptors (Lipinski definition) is 1. The Bertz CT molecular complexity index is 2780. The molecule has 0 fully saturated rings. The Morgan fingerprint density at radius 2 is 0.708 bits per heavy atom. The first-order chi connectivity index (χ1) is 23.7. The lowest BCUT2D eigenvalue weighted by Gasteiger charge is -2.17. The molecule has 0 saturated carbocycles. The van der Waals surface area contributed by atoms with Crippen LogP contribution < -0.4 is 0 Å². The lowest BCUT2D eigenvalue weighted by Crippen LogP contribution is -1.90. The highest BCUT2D eigenvalue weighted by Gasteiger charge is 2.19. The van der Waals surface area contributed by atoms with Crippen LogP contribution >= 0.6 is 0 Å². The average Bonchev–Trinajstić information content (AvgIpc) is 3.51. The summed E-state index contributed by atoms with van der Waals surface area (Å²) >= 11 is 0. The van der Waals surface area contributed by atoms with E-state index in [1.807, 2.05) is 48.5 Å². The maximum absolute atomic E-state index is 15.6. The van der Waals surface area contributed by atoms with Crippen LogP contribution in [-0.2, 0) is 0 Å². The molecule has 1 heterocycles. The second-order valence-corrected chi connectivity index (χ2v) is 12.5. The molecule has 0 bridgehead atoms. The summed E-state index contributed by atoms with van der Waals surface area (Å²) in [6.07, 6.45) is 0. The second kappa shape index (κ2) is 10.4. The summed E-state index contributed by atoms with van der Waals surface area (Å²) in [5, 5.41) is 10.1. The van der Waals surface area contributed by atoms with E-state index in [9.17, 15) is 0 Å². The van der Waals surface area contributed by atoms with Crippen LogP contribution in [0.25, 0.3) is 98.4 Å². The molecule has 0 aliphatic carbocycles. The first-order valence-electron chi connectivity index (χ1n) is 16.3. The highest BCUT2D eigenvalue weighted by atomic mass is 19.1. The Balaban J connectivity index is 1.21. The number of fused-ring (bicyclic) bond motifs is 7. The van der Waals surface area contributed by atoms with E-state index in [4.69, 9.17) is 4.42 Å². The van der Waals surface area contributed by atoms with Crippen molar-refractivity contribution in [1.29, 1.82) is 0 Å². The van der Waals surface area contributed by atoms with E-state index in [2.05, 4.69) is 115 Å². The molecule has 0 aliphatic heterocycles. The lowest BCUT2D eigenvalue weighted by molar-refractivity contribution is 0.651. The number of hydrogen-bond donors (Lipinski definition) is 0. The van der Waals surface area contributed by atoms with Crippen molar-refractivity contribution in [2.45, 2.75) is 0 Å². The normalized spacial score (nSPS) is 11.9. The molecule has 0 aliphatic rings. The molecule has 0 radical (unpaired) electrons. The Kier molecular flexibility index (Phi) is 5.82. The summed E-state index contributed by atoms with van der Waals surface area (Å²) in [4.78, 5) is 0. The topological polar surface area (TPSA) is 13.1 Å². The van der Waals surface area contributed by atoms with E-state index in [1.165, 1.54) is 38.2 Å². The van der Waals surface area contributed by atoms with Crippen molar-refractivity contribution in [3.05, 3.63) is 170 Å². The van der Waals surface area contributed by atoms with Crippen LogP contribution in [0.3, 0.4) is 0 Å². The molecular formula is C46H27FO. The minimum absolute atomic E-state index is 0.181. The standard InChI is InChI=1S/C46H27FO/c47-46-38-20-10-8-18-36(38)45(37-19-9-11-21-39(37)46)30-22-24-31-40-26-29(23-25-41(40)48-42(31)27-30)44-34-16-6-4-14-32(34)43(28-12-2-1-3-13-28)33-15-5-7-17-35(33)44/h1-27H. The van der Waals surface area contributed by atoms with Crippen molar-refractivity contribution in [2.75, 3.05) is 0 Å². The number of furan rings is 1. The molecule has 1 nitrogen and oxygen atoms in total. The number of rotatable bonds is 3. The Morgan fingerprint density at radius 3 is 1.25 bits per heavy atom. The van der Waals surface area contributed by atoms with E-state index < -0.39 is 0 Å². The molecule has 9 aromatic carbocycles. The molecule has 10 aromatic rings. The largest absolute Gasteiger partial charge is 0.456 e. The maximum atomic E-state index is 15.6. The van der Waals surface area contributed by atoms with E-state index in [0.29, 0.717) is 10.8 Å². The summed E-state index contributed by atoms with van der Waals surface area (Å²) in [6.45, 7) is 0. The molecule has 0 unspecified atom stereocenters. The fourth-order valence-electron chi connectivity index (χ4n) is 7.83. The van der Waals surface area contributed by atoms with Crippen molar-refractivity contribution in [2.24, 2.45) is 0 Å². The van der Waals surface area contributed by atoms with Gasteiger partial charge in [-0.2, -0.15) is 0 Å². The Labute approximate surface area is 276 Å². The van der Waals surface area contributed by atoms with Crippen molar-refractivity contribution < 1.29 is 8.81 Å². The third kappa shape index (κ3) is 3.90. The summed E-state index contributed by atoms with van der Waals surface area (Å²) in [5.74, 6) is -0.181. The van der Waals surface area contributed by atoms with Crippen LogP contribution in [-0.4, -0.2) is 0 Å². The molecule has 224 valence electrons. The van der Waals surface area contributed by atoms with E-state index in [0.717, 1.165) is 49.4 Å². The van der Waals surface area contributed by atoms with Crippen LogP contribution in [0.1, 0.15) is 0 Å². The van der Waals surface area contributed by atoms with Gasteiger partial charge in [-0.25, -0.2) is 4.39 Å². The Morgan fingerprint density at radius 1 is 0.292 bits per heavy atom. The third-order valence-corrected chi connectivity index (χ3v) is 9.91. The first-order valence-corrected chi connectivity index (χ1v) is 16.3. The number of halogens is 1. The molecule has 0 N–H and O–H groups in total. The minimum Gasteiger partial charge on any atom is -0.456 e. The van der Waals surface area contributed by atoms with Gasteiger partial charge < -0.3 is 4.42 Å². The van der Waals surface area contributed by atoms with Gasteiger partial charge in [-0.3, -0.25) is 0 Å². The molecule has 0 saturated heterocycles. The van der Waals surface area contributed by atoms with Crippen LogP contribution in [0.2, 0.25) is 0 Å². The van der Waals surface area contributed by atoms with Gasteiger partial charge in [-0.15, -0.1) is 0 Å². The van der Waals surface area contributed by atoms with Gasteiger partial charge in [0.2, 0.25) is 0 Å². The van der Waals surface area contributed by atoms with E-state index in [1.54, 1.807) is 0 Å². The zero-order valence-corrected chi connectivity index (χ0v) is 25.9. The van der Waals surface area contributed by atoms with Gasteiger partial charge in [0.1, 0.15) is 17.0 Å². The summed E-state index contributed by atoms with van der Waals surface area (Å²) < 4.78 is 22.1. The van der Waals surface area contributed by atoms with E-state index >= 15 is 4.39 Å². The third-order valence-electron chi connectivity index (χ3n) is 9.91. The van der Waals surface area contributed by atoms with Crippen LogP contribution in [0.5, 0.6) is 0 Å². The molecule has 2 heteroatoms. The van der Waals surface area contributed by atoms with Gasteiger partial charge in [0.05, 0.1) is 0 Å². The quantitative estimate of drug-likeness (QED) is 0.181. The molecule has 0 atom stereocenters. The van der Waals surface area contributed by atoms with Gasteiger partial charge in [0, 0.05) is 21.5 Å². The van der Waals surface area contributed by atoms with Crippen LogP contribution in [0, 0.1) is 5.82 Å². The van der Waals surface area contributed by atoms with Gasteiger partial charge in [-0.05, 0) is 90.0 Å². The lowest BCUT2D eigenvalue weighted by atomic mass is 9.86. The molecule has 10 rings (SSSR count). The van der Waals surface area contributed by atoms with Crippen molar-refractivity contribution in [3.8, 4) is 33.4 Å². The van der Waals surface area contributed by atoms with Crippen molar-refractivity contribution >= 4 is 65.0 Å². The van der Waals surface area contributed by atoms with Crippen molar-refractivity contribution in [1.82, 2.24) is 0 Å². The van der Waals surface area contributed by atoms with Gasteiger partial charge in [-0.1, -0.05) is 140 Å². The van der Waals surface area contributed by atoms with Gasteiger partial charge in [0.15, 0.2) is 0 Å². The van der Waals surface area contributed by atoms with Crippen LogP contribution in [0.4, 0.5) is 4.39 Å². The monoisotopic (exact) mass is 614 g/mol. The fraction of sp³-hybridized carbons (Fsp3) is 0. The van der Waals surface area contributed by atoms with E-state index in [-0.39, 0.29) is 5.82 Å². The number of benzene rings is 9. The Hall–Kier alpha value is -6.25. The maximum Gasteiger partial charge on any atom is 0.138 e. The second-order valence-electron chi connectivity index (χ2n) is 12.5. The SMILES string of the molecule is Fc1c2ccccc2c(-c2ccc3c(c2)oc2ccc(-c4c5ccccc5c(-c5ccccc5)c5ccccc45)cc23)c2ccccc12. The summed E-state index contributed by atoms with van der Waals surface area (Å²) in [7, 11) is 0. The predicted molar refractivity (Wildman–Crippen MR) is 200 cm³/mol. The molecule has 1 aromatic heterocycles. The summed E-state index contributed by atoms with van der Waals surface area (Å²) in [5.41, 5.74) is 8.51. The van der Waals surface area contributed by atoms with Crippen LogP contribution in [0.15, 0.2) is 168 Å². The highest BCUT2D eigenvalue weighted by Crippen LogP contribution is 2.45. The highest BCUT2D eigenvalue weighted by molar-refractivity contribution is 6.22. The van der Waals surface area contributed by atoms with Crippen molar-refractivity contribution in [3.63, 3.8) is 0 Å². The molecule has 0 spiro atoms. The average molecular weight is 615 g/mol. The van der Waals surface area contributed by atoms with Gasteiger partial charge >= 0.3 is 0 Å². The summed E-state index contributed by atoms with van der Waals surface area (Å²) in [6, 6.07) is 56.6. The first kappa shape index (κ1) is 26.9. The predicted octanol–water partition coefficient (Wildman–Crippen LogP) is 13.3. The van der Waals surface area contributed by atoms with Gasteiger partial charge in [0.25, 0.3) is 0 Å².